The number of nitrogens with one attached hydrogen (secondary N) is 2. The number of amides is 1. The predicted molar refractivity (Wildman–Crippen MR) is 70.0 cm³/mol. The first-order valence-electron chi connectivity index (χ1n) is 6.37. The van der Waals surface area contributed by atoms with Crippen LogP contribution in [-0.4, -0.2) is 18.5 Å². The molecule has 1 aromatic carbocycles. The van der Waals surface area contributed by atoms with E-state index in [2.05, 4.69) is 17.6 Å². The third kappa shape index (κ3) is 3.07. The quantitative estimate of drug-likeness (QED) is 0.846. The van der Waals surface area contributed by atoms with E-state index in [1.807, 2.05) is 0 Å². The Morgan fingerprint density at radius 2 is 2.22 bits per heavy atom. The highest BCUT2D eigenvalue weighted by molar-refractivity contribution is 5.95. The summed E-state index contributed by atoms with van der Waals surface area (Å²) in [6, 6.07) is 4.38. The molecule has 2 atom stereocenters. The van der Waals surface area contributed by atoms with Gasteiger partial charge in [-0.05, 0) is 56.0 Å². The number of piperidine rings is 1. The summed E-state index contributed by atoms with van der Waals surface area (Å²) < 4.78 is 13.2. The van der Waals surface area contributed by atoms with Crippen molar-refractivity contribution in [1.82, 2.24) is 5.32 Å². The van der Waals surface area contributed by atoms with Crippen LogP contribution in [0.25, 0.3) is 0 Å². The van der Waals surface area contributed by atoms with Gasteiger partial charge in [0, 0.05) is 5.69 Å². The largest absolute Gasteiger partial charge is 0.325 e. The number of aryl methyl sites for hydroxylation is 1. The van der Waals surface area contributed by atoms with Crippen molar-refractivity contribution in [3.63, 3.8) is 0 Å². The molecule has 0 radical (unpaired) electrons. The summed E-state index contributed by atoms with van der Waals surface area (Å²) in [5.41, 5.74) is 1.33. The van der Waals surface area contributed by atoms with Gasteiger partial charge in [-0.15, -0.1) is 0 Å². The average Bonchev–Trinajstić information content (AvgIpc) is 2.27. The lowest BCUT2D eigenvalue weighted by atomic mass is 9.92. The van der Waals surface area contributed by atoms with Crippen LogP contribution in [0.5, 0.6) is 0 Å². The van der Waals surface area contributed by atoms with E-state index in [0.717, 1.165) is 24.9 Å². The summed E-state index contributed by atoms with van der Waals surface area (Å²) in [4.78, 5) is 12.1. The Balaban J connectivity index is 2.06. The zero-order chi connectivity index (χ0) is 13.1. The molecule has 0 aromatic heterocycles. The second-order valence-electron chi connectivity index (χ2n) is 5.06. The Hall–Kier alpha value is -1.42. The van der Waals surface area contributed by atoms with Crippen molar-refractivity contribution in [2.24, 2.45) is 5.92 Å². The number of anilines is 1. The Bertz CT molecular complexity index is 427. The van der Waals surface area contributed by atoms with E-state index in [4.69, 9.17) is 0 Å². The lowest BCUT2D eigenvalue weighted by Gasteiger charge is -2.28. The Labute approximate surface area is 107 Å². The smallest absolute Gasteiger partial charge is 0.241 e. The molecular formula is C14H19FN2O. The highest BCUT2D eigenvalue weighted by Gasteiger charge is 2.27. The number of carbonyl (C=O) groups excluding carboxylic acids is 1. The van der Waals surface area contributed by atoms with Gasteiger partial charge in [0.25, 0.3) is 0 Å². The van der Waals surface area contributed by atoms with E-state index in [1.165, 1.54) is 12.1 Å². The molecule has 1 amide bonds. The van der Waals surface area contributed by atoms with E-state index in [9.17, 15) is 9.18 Å². The van der Waals surface area contributed by atoms with Crippen LogP contribution in [0.2, 0.25) is 0 Å². The van der Waals surface area contributed by atoms with E-state index in [0.29, 0.717) is 11.6 Å². The van der Waals surface area contributed by atoms with Gasteiger partial charge in [0.05, 0.1) is 6.04 Å². The van der Waals surface area contributed by atoms with Crippen LogP contribution in [0.4, 0.5) is 10.1 Å². The molecule has 18 heavy (non-hydrogen) atoms. The standard InChI is InChI=1S/C14H19FN2O/c1-9-6-11(15)8-12(7-9)17-14(18)13-10(2)4-3-5-16-13/h6-8,10,13,16H,3-5H2,1-2H3,(H,17,18). The molecule has 4 heteroatoms. The third-order valence-corrected chi connectivity index (χ3v) is 3.36. The lowest BCUT2D eigenvalue weighted by molar-refractivity contribution is -0.119. The SMILES string of the molecule is Cc1cc(F)cc(NC(=O)C2NCCCC2C)c1. The summed E-state index contributed by atoms with van der Waals surface area (Å²) in [7, 11) is 0. The number of rotatable bonds is 2. The van der Waals surface area contributed by atoms with E-state index in [-0.39, 0.29) is 17.8 Å². The van der Waals surface area contributed by atoms with Crippen molar-refractivity contribution in [3.05, 3.63) is 29.6 Å². The van der Waals surface area contributed by atoms with Gasteiger partial charge in [-0.1, -0.05) is 6.92 Å². The lowest BCUT2D eigenvalue weighted by Crippen LogP contribution is -2.48. The van der Waals surface area contributed by atoms with Crippen molar-refractivity contribution in [1.29, 1.82) is 0 Å². The summed E-state index contributed by atoms with van der Waals surface area (Å²) in [5, 5.41) is 5.99. The molecule has 0 spiro atoms. The molecule has 1 saturated heterocycles. The molecule has 98 valence electrons. The molecule has 1 aliphatic heterocycles. The van der Waals surface area contributed by atoms with E-state index in [1.54, 1.807) is 13.0 Å². The fourth-order valence-electron chi connectivity index (χ4n) is 2.43. The minimum absolute atomic E-state index is 0.0767. The van der Waals surface area contributed by atoms with Crippen LogP contribution in [-0.2, 0) is 4.79 Å². The van der Waals surface area contributed by atoms with Gasteiger partial charge < -0.3 is 10.6 Å². The molecule has 1 aliphatic rings. The maximum Gasteiger partial charge on any atom is 0.241 e. The monoisotopic (exact) mass is 250 g/mol. The third-order valence-electron chi connectivity index (χ3n) is 3.36. The summed E-state index contributed by atoms with van der Waals surface area (Å²) in [5.74, 6) is -0.0874. The highest BCUT2D eigenvalue weighted by atomic mass is 19.1. The normalized spacial score (nSPS) is 23.7. The van der Waals surface area contributed by atoms with Crippen molar-refractivity contribution in [2.75, 3.05) is 11.9 Å². The van der Waals surface area contributed by atoms with Crippen LogP contribution in [0.3, 0.4) is 0 Å². The van der Waals surface area contributed by atoms with Gasteiger partial charge in [-0.25, -0.2) is 4.39 Å². The van der Waals surface area contributed by atoms with Gasteiger partial charge in [0.15, 0.2) is 0 Å². The van der Waals surface area contributed by atoms with Crippen LogP contribution in [0.1, 0.15) is 25.3 Å². The number of hydrogen-bond donors (Lipinski definition) is 2. The molecule has 2 rings (SSSR count). The summed E-state index contributed by atoms with van der Waals surface area (Å²) in [6.07, 6.45) is 2.15. The van der Waals surface area contributed by atoms with E-state index < -0.39 is 0 Å². The summed E-state index contributed by atoms with van der Waals surface area (Å²) >= 11 is 0. The topological polar surface area (TPSA) is 41.1 Å². The van der Waals surface area contributed by atoms with Gasteiger partial charge in [-0.2, -0.15) is 0 Å². The zero-order valence-corrected chi connectivity index (χ0v) is 10.8. The second-order valence-corrected chi connectivity index (χ2v) is 5.06. The molecular weight excluding hydrogens is 231 g/mol. The first-order valence-corrected chi connectivity index (χ1v) is 6.37. The molecule has 1 fully saturated rings. The zero-order valence-electron chi connectivity index (χ0n) is 10.8. The predicted octanol–water partition coefficient (Wildman–Crippen LogP) is 2.46. The van der Waals surface area contributed by atoms with Gasteiger partial charge in [-0.3, -0.25) is 4.79 Å². The van der Waals surface area contributed by atoms with E-state index >= 15 is 0 Å². The molecule has 2 N–H and O–H groups in total. The highest BCUT2D eigenvalue weighted by Crippen LogP contribution is 2.18. The van der Waals surface area contributed by atoms with Gasteiger partial charge in [0.1, 0.15) is 5.82 Å². The number of halogens is 1. The van der Waals surface area contributed by atoms with Crippen molar-refractivity contribution in [3.8, 4) is 0 Å². The first kappa shape index (κ1) is 13.0. The Kier molecular flexibility index (Phi) is 3.97. The van der Waals surface area contributed by atoms with Gasteiger partial charge >= 0.3 is 0 Å². The first-order chi connectivity index (χ1) is 8.56. The molecule has 0 aliphatic carbocycles. The average molecular weight is 250 g/mol. The fraction of sp³-hybridized carbons (Fsp3) is 0.500. The Morgan fingerprint density at radius 1 is 1.44 bits per heavy atom. The number of benzene rings is 1. The summed E-state index contributed by atoms with van der Waals surface area (Å²) in [6.45, 7) is 4.73. The molecule has 1 heterocycles. The molecule has 0 saturated carbocycles. The molecule has 3 nitrogen and oxygen atoms in total. The minimum atomic E-state index is -0.324. The maximum atomic E-state index is 13.2. The molecule has 1 aromatic rings. The maximum absolute atomic E-state index is 13.2. The number of carbonyl (C=O) groups is 1. The fourth-order valence-corrected chi connectivity index (χ4v) is 2.43. The molecule has 0 bridgehead atoms. The van der Waals surface area contributed by atoms with Crippen LogP contribution in [0, 0.1) is 18.7 Å². The number of hydrogen-bond acceptors (Lipinski definition) is 2. The van der Waals surface area contributed by atoms with Crippen molar-refractivity contribution >= 4 is 11.6 Å². The molecule has 2 unspecified atom stereocenters. The second kappa shape index (κ2) is 5.48. The van der Waals surface area contributed by atoms with Crippen LogP contribution in [0.15, 0.2) is 18.2 Å². The van der Waals surface area contributed by atoms with Crippen LogP contribution >= 0.6 is 0 Å². The Morgan fingerprint density at radius 3 is 2.89 bits per heavy atom. The van der Waals surface area contributed by atoms with Crippen molar-refractivity contribution in [2.45, 2.75) is 32.7 Å². The van der Waals surface area contributed by atoms with Crippen molar-refractivity contribution < 1.29 is 9.18 Å². The minimum Gasteiger partial charge on any atom is -0.325 e. The van der Waals surface area contributed by atoms with Gasteiger partial charge in [0.2, 0.25) is 5.91 Å². The van der Waals surface area contributed by atoms with Crippen LogP contribution < -0.4 is 10.6 Å².